The maximum absolute atomic E-state index is 12.7. The number of hydrogen-bond donors (Lipinski definition) is 2. The van der Waals surface area contributed by atoms with Crippen LogP contribution in [-0.2, 0) is 4.79 Å². The van der Waals surface area contributed by atoms with E-state index in [-0.39, 0.29) is 11.3 Å². The average molecular weight is 262 g/mol. The number of amides is 1. The van der Waals surface area contributed by atoms with Gasteiger partial charge in [0.1, 0.15) is 0 Å². The van der Waals surface area contributed by atoms with Crippen molar-refractivity contribution in [2.75, 3.05) is 6.54 Å². The molecule has 4 aliphatic rings. The van der Waals surface area contributed by atoms with Crippen LogP contribution in [0.25, 0.3) is 0 Å². The molecule has 4 saturated carbocycles. The third-order valence-corrected chi connectivity index (χ3v) is 6.72. The van der Waals surface area contributed by atoms with E-state index >= 15 is 0 Å². The van der Waals surface area contributed by atoms with E-state index in [2.05, 4.69) is 5.32 Å². The molecule has 0 radical (unpaired) electrons. The molecule has 4 aliphatic carbocycles. The molecule has 0 aromatic heterocycles. The van der Waals surface area contributed by atoms with Crippen molar-refractivity contribution < 1.29 is 4.79 Å². The minimum atomic E-state index is -0.228. The standard InChI is InChI=1S/C16H26N2O/c17-9-16(6-2-1-3-7-16)15(19)18-14-12-10-4-5-11(8-10)13(12)14/h10-14H,1-9,17H2,(H,18,19). The molecule has 3 heteroatoms. The Labute approximate surface area is 115 Å². The molecular formula is C16H26N2O. The molecule has 4 fully saturated rings. The first-order valence-corrected chi connectivity index (χ1v) is 8.26. The van der Waals surface area contributed by atoms with Crippen molar-refractivity contribution in [1.82, 2.24) is 5.32 Å². The summed E-state index contributed by atoms with van der Waals surface area (Å²) >= 11 is 0. The Hall–Kier alpha value is -0.570. The number of nitrogens with one attached hydrogen (secondary N) is 1. The van der Waals surface area contributed by atoms with Gasteiger partial charge >= 0.3 is 0 Å². The van der Waals surface area contributed by atoms with Crippen molar-refractivity contribution in [2.45, 2.75) is 57.4 Å². The van der Waals surface area contributed by atoms with Gasteiger partial charge in [-0.15, -0.1) is 0 Å². The third kappa shape index (κ3) is 1.70. The summed E-state index contributed by atoms with van der Waals surface area (Å²) in [6.07, 6.45) is 9.91. The normalized spacial score (nSPS) is 45.8. The van der Waals surface area contributed by atoms with Crippen LogP contribution in [0.5, 0.6) is 0 Å². The zero-order valence-corrected chi connectivity index (χ0v) is 11.7. The van der Waals surface area contributed by atoms with Crippen LogP contribution in [0.2, 0.25) is 0 Å². The van der Waals surface area contributed by atoms with Gasteiger partial charge in [0.15, 0.2) is 0 Å². The minimum Gasteiger partial charge on any atom is -0.352 e. The summed E-state index contributed by atoms with van der Waals surface area (Å²) in [7, 11) is 0. The highest BCUT2D eigenvalue weighted by Gasteiger charge is 2.65. The van der Waals surface area contributed by atoms with Crippen LogP contribution in [0.15, 0.2) is 0 Å². The lowest BCUT2D eigenvalue weighted by Crippen LogP contribution is -2.48. The summed E-state index contributed by atoms with van der Waals surface area (Å²) in [5.41, 5.74) is 5.73. The van der Waals surface area contributed by atoms with Gasteiger partial charge in [0, 0.05) is 12.6 Å². The molecule has 106 valence electrons. The third-order valence-electron chi connectivity index (χ3n) is 6.72. The van der Waals surface area contributed by atoms with Gasteiger partial charge in [-0.25, -0.2) is 0 Å². The second kappa shape index (κ2) is 4.21. The van der Waals surface area contributed by atoms with Crippen molar-refractivity contribution in [3.05, 3.63) is 0 Å². The smallest absolute Gasteiger partial charge is 0.227 e. The van der Waals surface area contributed by atoms with E-state index in [0.717, 1.165) is 36.5 Å². The summed E-state index contributed by atoms with van der Waals surface area (Å²) in [6.45, 7) is 0.535. The Kier molecular flexibility index (Phi) is 2.70. The SMILES string of the molecule is NCC1(C(=O)NC2C3C4CCC(C4)C23)CCCCC1. The molecule has 4 rings (SSSR count). The van der Waals surface area contributed by atoms with E-state index in [0.29, 0.717) is 12.6 Å². The molecule has 0 aliphatic heterocycles. The number of fused-ring (bicyclic) bond motifs is 5. The minimum absolute atomic E-state index is 0.228. The number of carbonyl (C=O) groups is 1. The lowest BCUT2D eigenvalue weighted by Gasteiger charge is -2.35. The summed E-state index contributed by atoms with van der Waals surface area (Å²) in [4.78, 5) is 12.7. The largest absolute Gasteiger partial charge is 0.352 e. The van der Waals surface area contributed by atoms with Gasteiger partial charge in [0.25, 0.3) is 0 Å². The Morgan fingerprint density at radius 3 is 2.32 bits per heavy atom. The maximum atomic E-state index is 12.7. The lowest BCUT2D eigenvalue weighted by atomic mass is 9.73. The zero-order valence-electron chi connectivity index (χ0n) is 11.7. The van der Waals surface area contributed by atoms with Crippen LogP contribution >= 0.6 is 0 Å². The predicted octanol–water partition coefficient (Wildman–Crippen LogP) is 2.06. The number of carbonyl (C=O) groups excluding carboxylic acids is 1. The number of rotatable bonds is 3. The topological polar surface area (TPSA) is 55.1 Å². The lowest BCUT2D eigenvalue weighted by molar-refractivity contribution is -0.132. The highest BCUT2D eigenvalue weighted by Crippen LogP contribution is 2.65. The molecule has 3 nitrogen and oxygen atoms in total. The van der Waals surface area contributed by atoms with Gasteiger partial charge in [0.05, 0.1) is 5.41 Å². The van der Waals surface area contributed by atoms with Crippen molar-refractivity contribution in [2.24, 2.45) is 34.8 Å². The van der Waals surface area contributed by atoms with Crippen LogP contribution < -0.4 is 11.1 Å². The monoisotopic (exact) mass is 262 g/mol. The molecule has 19 heavy (non-hydrogen) atoms. The first-order chi connectivity index (χ1) is 9.25. The number of nitrogens with two attached hydrogens (primary N) is 1. The van der Waals surface area contributed by atoms with Crippen molar-refractivity contribution in [1.29, 1.82) is 0 Å². The fraction of sp³-hybridized carbons (Fsp3) is 0.938. The molecule has 3 N–H and O–H groups in total. The van der Waals surface area contributed by atoms with Crippen LogP contribution in [-0.4, -0.2) is 18.5 Å². The molecule has 0 spiro atoms. The Bertz CT molecular complexity index is 372. The zero-order chi connectivity index (χ0) is 13.0. The molecule has 0 heterocycles. The van der Waals surface area contributed by atoms with E-state index in [1.165, 1.54) is 38.5 Å². The van der Waals surface area contributed by atoms with Crippen molar-refractivity contribution in [3.8, 4) is 0 Å². The van der Waals surface area contributed by atoms with E-state index in [1.54, 1.807) is 0 Å². The van der Waals surface area contributed by atoms with Gasteiger partial charge in [0.2, 0.25) is 5.91 Å². The molecule has 1 amide bonds. The van der Waals surface area contributed by atoms with Crippen molar-refractivity contribution in [3.63, 3.8) is 0 Å². The molecule has 0 saturated heterocycles. The summed E-state index contributed by atoms with van der Waals surface area (Å²) < 4.78 is 0. The van der Waals surface area contributed by atoms with Gasteiger partial charge in [-0.3, -0.25) is 4.79 Å². The highest BCUT2D eigenvalue weighted by molar-refractivity contribution is 5.83. The molecule has 2 bridgehead atoms. The van der Waals surface area contributed by atoms with Crippen LogP contribution in [0.1, 0.15) is 51.4 Å². The first kappa shape index (κ1) is 12.2. The number of hydrogen-bond acceptors (Lipinski definition) is 2. The molecule has 0 aromatic carbocycles. The second-order valence-corrected chi connectivity index (χ2v) is 7.53. The molecule has 4 unspecified atom stereocenters. The highest BCUT2D eigenvalue weighted by atomic mass is 16.2. The summed E-state index contributed by atoms with van der Waals surface area (Å²) in [6, 6.07) is 0.518. The average Bonchev–Trinajstić information content (AvgIpc) is 2.85. The second-order valence-electron chi connectivity index (χ2n) is 7.53. The predicted molar refractivity (Wildman–Crippen MR) is 74.3 cm³/mol. The fourth-order valence-corrected chi connectivity index (χ4v) is 5.58. The molecule has 4 atom stereocenters. The van der Waals surface area contributed by atoms with Crippen LogP contribution in [0, 0.1) is 29.1 Å². The fourth-order valence-electron chi connectivity index (χ4n) is 5.58. The Morgan fingerprint density at radius 1 is 1.11 bits per heavy atom. The van der Waals surface area contributed by atoms with E-state index < -0.39 is 0 Å². The summed E-state index contributed by atoms with van der Waals surface area (Å²) in [5.74, 6) is 3.82. The van der Waals surface area contributed by atoms with Gasteiger partial charge in [-0.2, -0.15) is 0 Å². The van der Waals surface area contributed by atoms with Crippen LogP contribution in [0.3, 0.4) is 0 Å². The van der Waals surface area contributed by atoms with Gasteiger partial charge in [-0.1, -0.05) is 19.3 Å². The Morgan fingerprint density at radius 2 is 1.74 bits per heavy atom. The van der Waals surface area contributed by atoms with Gasteiger partial charge < -0.3 is 11.1 Å². The van der Waals surface area contributed by atoms with E-state index in [4.69, 9.17) is 5.73 Å². The van der Waals surface area contributed by atoms with Crippen molar-refractivity contribution >= 4 is 5.91 Å². The first-order valence-electron chi connectivity index (χ1n) is 8.26. The summed E-state index contributed by atoms with van der Waals surface area (Å²) in [5, 5.41) is 3.40. The van der Waals surface area contributed by atoms with E-state index in [1.807, 2.05) is 0 Å². The quantitative estimate of drug-likeness (QED) is 0.818. The maximum Gasteiger partial charge on any atom is 0.227 e. The molecule has 0 aromatic rings. The van der Waals surface area contributed by atoms with Crippen LogP contribution in [0.4, 0.5) is 0 Å². The Balaban J connectivity index is 1.42. The molecular weight excluding hydrogens is 236 g/mol. The van der Waals surface area contributed by atoms with Gasteiger partial charge in [-0.05, 0) is 55.8 Å². The van der Waals surface area contributed by atoms with E-state index in [9.17, 15) is 4.79 Å².